The Morgan fingerprint density at radius 2 is 1.11 bits per heavy atom. The third kappa shape index (κ3) is 2.85. The van der Waals surface area contributed by atoms with E-state index in [-0.39, 0.29) is 11.1 Å². The molecular weight excluding hydrogens is 232 g/mol. The van der Waals surface area contributed by atoms with Crippen LogP contribution in [-0.4, -0.2) is 22.2 Å². The number of hydrogen-bond acceptors (Lipinski definition) is 2. The summed E-state index contributed by atoms with van der Waals surface area (Å²) in [6.45, 7) is 4.00. The summed E-state index contributed by atoms with van der Waals surface area (Å²) in [6.07, 6.45) is 0. The zero-order chi connectivity index (χ0) is 13.7. The summed E-state index contributed by atoms with van der Waals surface area (Å²) in [5.41, 5.74) is 0.381. The molecule has 0 saturated carbocycles. The van der Waals surface area contributed by atoms with Crippen molar-refractivity contribution in [2.45, 2.75) is 13.8 Å². The second kappa shape index (κ2) is 5.82. The lowest BCUT2D eigenvalue weighted by Crippen LogP contribution is -1.97. The smallest absolute Gasteiger partial charge is 0.335 e. The molecule has 0 saturated heterocycles. The van der Waals surface area contributed by atoms with Gasteiger partial charge in [0.05, 0.1) is 11.1 Å². The van der Waals surface area contributed by atoms with Crippen molar-refractivity contribution in [3.63, 3.8) is 0 Å². The van der Waals surface area contributed by atoms with Gasteiger partial charge in [0.15, 0.2) is 0 Å². The molecule has 0 radical (unpaired) electrons. The molecule has 2 aromatic rings. The van der Waals surface area contributed by atoms with Crippen LogP contribution < -0.4 is 0 Å². The highest BCUT2D eigenvalue weighted by Gasteiger charge is 2.06. The lowest BCUT2D eigenvalue weighted by molar-refractivity contribution is 0.0686. The molecule has 0 aliphatic heterocycles. The van der Waals surface area contributed by atoms with E-state index in [0.717, 1.165) is 0 Å². The van der Waals surface area contributed by atoms with E-state index in [1.54, 1.807) is 12.1 Å². The van der Waals surface area contributed by atoms with Crippen molar-refractivity contribution in [1.82, 2.24) is 0 Å². The molecule has 2 aromatic carbocycles. The van der Waals surface area contributed by atoms with Gasteiger partial charge in [0.1, 0.15) is 0 Å². The van der Waals surface area contributed by atoms with Gasteiger partial charge in [-0.15, -0.1) is 0 Å². The highest BCUT2D eigenvalue weighted by Crippen LogP contribution is 2.18. The van der Waals surface area contributed by atoms with Gasteiger partial charge in [0.2, 0.25) is 0 Å². The van der Waals surface area contributed by atoms with Gasteiger partial charge in [-0.25, -0.2) is 9.59 Å². The molecule has 0 spiro atoms. The molecule has 0 aromatic heterocycles. The van der Waals surface area contributed by atoms with Gasteiger partial charge in [-0.2, -0.15) is 0 Å². The first kappa shape index (κ1) is 13.7. The average Bonchev–Trinajstić information content (AvgIpc) is 2.39. The number of hydrogen-bond donors (Lipinski definition) is 2. The molecule has 94 valence electrons. The van der Waals surface area contributed by atoms with Gasteiger partial charge in [0, 0.05) is 0 Å². The molecule has 4 nitrogen and oxygen atoms in total. The molecule has 0 amide bonds. The van der Waals surface area contributed by atoms with Crippen LogP contribution in [0, 0.1) is 0 Å². The first-order chi connectivity index (χ1) is 8.58. The molecule has 0 fully saturated rings. The van der Waals surface area contributed by atoms with E-state index in [1.807, 2.05) is 13.8 Å². The molecule has 2 N–H and O–H groups in total. The number of carboxylic acids is 2. The molecule has 2 rings (SSSR count). The van der Waals surface area contributed by atoms with Gasteiger partial charge in [0.25, 0.3) is 0 Å². The summed E-state index contributed by atoms with van der Waals surface area (Å²) in [5, 5.41) is 19.0. The Hall–Kier alpha value is -2.36. The predicted octanol–water partition coefficient (Wildman–Crippen LogP) is 3.26. The van der Waals surface area contributed by atoms with E-state index in [0.29, 0.717) is 10.8 Å². The molecule has 0 aliphatic carbocycles. The SMILES string of the molecule is CC.O=C(O)c1ccc2cc(C(=O)O)ccc2c1. The van der Waals surface area contributed by atoms with E-state index >= 15 is 0 Å². The van der Waals surface area contributed by atoms with Crippen LogP contribution in [0.25, 0.3) is 10.8 Å². The quantitative estimate of drug-likeness (QED) is 0.852. The van der Waals surface area contributed by atoms with Crippen molar-refractivity contribution in [2.75, 3.05) is 0 Å². The monoisotopic (exact) mass is 246 g/mol. The molecule has 0 heterocycles. The number of carbonyl (C=O) groups is 2. The minimum atomic E-state index is -0.996. The Morgan fingerprint density at radius 1 is 0.778 bits per heavy atom. The van der Waals surface area contributed by atoms with E-state index in [4.69, 9.17) is 10.2 Å². The summed E-state index contributed by atoms with van der Waals surface area (Å²) in [6, 6.07) is 9.15. The summed E-state index contributed by atoms with van der Waals surface area (Å²) in [7, 11) is 0. The maximum atomic E-state index is 10.7. The highest BCUT2D eigenvalue weighted by atomic mass is 16.4. The van der Waals surface area contributed by atoms with E-state index in [2.05, 4.69) is 0 Å². The van der Waals surface area contributed by atoms with E-state index in [9.17, 15) is 9.59 Å². The Balaban J connectivity index is 0.000000771. The molecular formula is C14H14O4. The molecule has 0 aliphatic rings. The largest absolute Gasteiger partial charge is 0.478 e. The zero-order valence-corrected chi connectivity index (χ0v) is 10.2. The van der Waals surface area contributed by atoms with Crippen molar-refractivity contribution in [1.29, 1.82) is 0 Å². The Kier molecular flexibility index (Phi) is 4.43. The van der Waals surface area contributed by atoms with Crippen molar-refractivity contribution >= 4 is 22.7 Å². The fourth-order valence-electron chi connectivity index (χ4n) is 1.51. The molecule has 0 bridgehead atoms. The van der Waals surface area contributed by atoms with Crippen molar-refractivity contribution in [3.05, 3.63) is 47.5 Å². The standard InChI is InChI=1S/C12H8O4.C2H6/c13-11(14)9-3-1-7-5-10(12(15)16)4-2-8(7)6-9;1-2/h1-6H,(H,13,14)(H,15,16);1-2H3. The normalized spacial score (nSPS) is 9.44. The van der Waals surface area contributed by atoms with Crippen LogP contribution in [0.4, 0.5) is 0 Å². The number of rotatable bonds is 2. The summed E-state index contributed by atoms with van der Waals surface area (Å²) in [4.78, 5) is 21.5. The molecule has 0 atom stereocenters. The fraction of sp³-hybridized carbons (Fsp3) is 0.143. The van der Waals surface area contributed by atoms with Gasteiger partial charge >= 0.3 is 11.9 Å². The predicted molar refractivity (Wildman–Crippen MR) is 69.2 cm³/mol. The first-order valence-corrected chi connectivity index (χ1v) is 5.58. The van der Waals surface area contributed by atoms with Gasteiger partial charge in [-0.3, -0.25) is 0 Å². The minimum absolute atomic E-state index is 0.190. The van der Waals surface area contributed by atoms with Crippen LogP contribution in [0.2, 0.25) is 0 Å². The first-order valence-electron chi connectivity index (χ1n) is 5.58. The fourth-order valence-corrected chi connectivity index (χ4v) is 1.51. The van der Waals surface area contributed by atoms with Gasteiger partial charge in [-0.05, 0) is 35.0 Å². The Bertz CT molecular complexity index is 534. The average molecular weight is 246 g/mol. The van der Waals surface area contributed by atoms with Crippen LogP contribution in [0.3, 0.4) is 0 Å². The third-order valence-electron chi connectivity index (χ3n) is 2.33. The third-order valence-corrected chi connectivity index (χ3v) is 2.33. The maximum absolute atomic E-state index is 10.7. The number of aromatic carboxylic acids is 2. The summed E-state index contributed by atoms with van der Waals surface area (Å²) in [5.74, 6) is -1.99. The van der Waals surface area contributed by atoms with Gasteiger partial charge < -0.3 is 10.2 Å². The number of fused-ring (bicyclic) bond motifs is 1. The number of benzene rings is 2. The van der Waals surface area contributed by atoms with Crippen molar-refractivity contribution in [3.8, 4) is 0 Å². The Morgan fingerprint density at radius 3 is 1.39 bits per heavy atom. The van der Waals surface area contributed by atoms with Crippen LogP contribution in [0.1, 0.15) is 34.6 Å². The molecule has 0 unspecified atom stereocenters. The van der Waals surface area contributed by atoms with Crippen molar-refractivity contribution in [2.24, 2.45) is 0 Å². The lowest BCUT2D eigenvalue weighted by Gasteiger charge is -2.01. The number of carboxylic acid groups (broad SMARTS) is 2. The topological polar surface area (TPSA) is 74.6 Å². The minimum Gasteiger partial charge on any atom is -0.478 e. The molecule has 18 heavy (non-hydrogen) atoms. The van der Waals surface area contributed by atoms with E-state index < -0.39 is 11.9 Å². The van der Waals surface area contributed by atoms with Gasteiger partial charge in [-0.1, -0.05) is 26.0 Å². The second-order valence-electron chi connectivity index (χ2n) is 3.39. The highest BCUT2D eigenvalue weighted by molar-refractivity contribution is 5.97. The van der Waals surface area contributed by atoms with Crippen molar-refractivity contribution < 1.29 is 19.8 Å². The molecule has 4 heteroatoms. The summed E-state index contributed by atoms with van der Waals surface area (Å²) >= 11 is 0. The van der Waals surface area contributed by atoms with Crippen LogP contribution in [0.5, 0.6) is 0 Å². The van der Waals surface area contributed by atoms with Crippen LogP contribution >= 0.6 is 0 Å². The van der Waals surface area contributed by atoms with E-state index in [1.165, 1.54) is 24.3 Å². The lowest BCUT2D eigenvalue weighted by atomic mass is 10.0. The second-order valence-corrected chi connectivity index (χ2v) is 3.39. The van der Waals surface area contributed by atoms with Crippen LogP contribution in [-0.2, 0) is 0 Å². The Labute approximate surface area is 104 Å². The maximum Gasteiger partial charge on any atom is 0.335 e. The van der Waals surface area contributed by atoms with Crippen LogP contribution in [0.15, 0.2) is 36.4 Å². The summed E-state index contributed by atoms with van der Waals surface area (Å²) < 4.78 is 0. The zero-order valence-electron chi connectivity index (χ0n) is 10.2.